The molecule has 0 radical (unpaired) electrons. The van der Waals surface area contributed by atoms with Gasteiger partial charge in [0.2, 0.25) is 0 Å². The normalized spacial score (nSPS) is 24.1. The van der Waals surface area contributed by atoms with Gasteiger partial charge < -0.3 is 4.74 Å². The van der Waals surface area contributed by atoms with Gasteiger partial charge in [-0.25, -0.2) is 9.18 Å². The molecule has 0 aliphatic heterocycles. The monoisotopic (exact) mass is 314 g/mol. The number of rotatable bonds is 2. The third-order valence-electron chi connectivity index (χ3n) is 4.92. The predicted octanol–water partition coefficient (Wildman–Crippen LogP) is 3.70. The Kier molecular flexibility index (Phi) is 4.16. The maximum absolute atomic E-state index is 13.2. The molecule has 23 heavy (non-hydrogen) atoms. The Balaban J connectivity index is 2.09. The zero-order valence-electron chi connectivity index (χ0n) is 13.3. The van der Waals surface area contributed by atoms with E-state index in [2.05, 4.69) is 0 Å². The molecule has 1 aromatic carbocycles. The summed E-state index contributed by atoms with van der Waals surface area (Å²) in [6.07, 6.45) is 3.49. The number of hydrogen-bond acceptors (Lipinski definition) is 3. The van der Waals surface area contributed by atoms with Crippen LogP contribution in [0.15, 0.2) is 41.5 Å². The molecule has 2 aliphatic carbocycles. The molecule has 3 rings (SSSR count). The molecule has 0 heterocycles. The summed E-state index contributed by atoms with van der Waals surface area (Å²) in [5.41, 5.74) is 3.51. The SMILES string of the molecule is COC(=O)C1=CC(c2ccc(F)cc2)=C(C)[C@H]2CCC(=O)C[C@@H]12. The summed E-state index contributed by atoms with van der Waals surface area (Å²) in [6.45, 7) is 2.04. The second-order valence-corrected chi connectivity index (χ2v) is 6.19. The van der Waals surface area contributed by atoms with Gasteiger partial charge in [0.25, 0.3) is 0 Å². The lowest BCUT2D eigenvalue weighted by Gasteiger charge is -2.36. The van der Waals surface area contributed by atoms with Gasteiger partial charge in [-0.1, -0.05) is 17.7 Å². The molecule has 2 aliphatic rings. The highest BCUT2D eigenvalue weighted by molar-refractivity contribution is 5.96. The van der Waals surface area contributed by atoms with Gasteiger partial charge in [0.1, 0.15) is 11.6 Å². The standard InChI is InChI=1S/C19H19FO3/c1-11-15-8-7-14(21)9-17(15)18(19(22)23-2)10-16(11)12-3-5-13(20)6-4-12/h3-6,10,15,17H,7-9H2,1-2H3/t15-,17-/m1/s1. The van der Waals surface area contributed by atoms with E-state index < -0.39 is 0 Å². The van der Waals surface area contributed by atoms with Crippen LogP contribution in [0.25, 0.3) is 5.57 Å². The highest BCUT2D eigenvalue weighted by atomic mass is 19.1. The molecule has 1 fully saturated rings. The molecule has 0 N–H and O–H groups in total. The molecule has 1 aromatic rings. The number of carbonyl (C=O) groups excluding carboxylic acids is 2. The first kappa shape index (κ1) is 15.7. The highest BCUT2D eigenvalue weighted by Gasteiger charge is 2.39. The van der Waals surface area contributed by atoms with E-state index in [0.29, 0.717) is 18.4 Å². The predicted molar refractivity (Wildman–Crippen MR) is 84.9 cm³/mol. The number of esters is 1. The van der Waals surface area contributed by atoms with E-state index in [1.54, 1.807) is 12.1 Å². The molecule has 120 valence electrons. The van der Waals surface area contributed by atoms with E-state index in [1.165, 1.54) is 19.2 Å². The smallest absolute Gasteiger partial charge is 0.334 e. The summed E-state index contributed by atoms with van der Waals surface area (Å²) in [7, 11) is 1.35. The van der Waals surface area contributed by atoms with Gasteiger partial charge in [0, 0.05) is 24.3 Å². The molecule has 0 saturated heterocycles. The van der Waals surface area contributed by atoms with E-state index in [4.69, 9.17) is 4.74 Å². The lowest BCUT2D eigenvalue weighted by Crippen LogP contribution is -2.32. The Morgan fingerprint density at radius 1 is 1.22 bits per heavy atom. The Hall–Kier alpha value is -2.23. The lowest BCUT2D eigenvalue weighted by molar-refractivity contribution is -0.137. The molecule has 3 nitrogen and oxygen atoms in total. The zero-order chi connectivity index (χ0) is 16.6. The molecular weight excluding hydrogens is 295 g/mol. The molecule has 0 bridgehead atoms. The zero-order valence-corrected chi connectivity index (χ0v) is 13.3. The molecular formula is C19H19FO3. The fourth-order valence-corrected chi connectivity index (χ4v) is 3.70. The second-order valence-electron chi connectivity index (χ2n) is 6.19. The average Bonchev–Trinajstić information content (AvgIpc) is 2.55. The summed E-state index contributed by atoms with van der Waals surface area (Å²) in [6, 6.07) is 6.26. The minimum absolute atomic E-state index is 0.104. The third kappa shape index (κ3) is 2.85. The van der Waals surface area contributed by atoms with Gasteiger partial charge >= 0.3 is 5.97 Å². The summed E-state index contributed by atoms with van der Waals surface area (Å²) in [4.78, 5) is 24.0. The lowest BCUT2D eigenvalue weighted by atomic mass is 9.67. The number of carbonyl (C=O) groups is 2. The van der Waals surface area contributed by atoms with Crippen LogP contribution in [-0.4, -0.2) is 18.9 Å². The molecule has 0 aromatic heterocycles. The van der Waals surface area contributed by atoms with Crippen LogP contribution >= 0.6 is 0 Å². The van der Waals surface area contributed by atoms with Crippen molar-refractivity contribution >= 4 is 17.3 Å². The molecule has 4 heteroatoms. The summed E-state index contributed by atoms with van der Waals surface area (Å²) in [5.74, 6) is -0.429. The van der Waals surface area contributed by atoms with E-state index in [0.717, 1.165) is 23.1 Å². The number of fused-ring (bicyclic) bond motifs is 1. The quantitative estimate of drug-likeness (QED) is 0.782. The number of benzene rings is 1. The fraction of sp³-hybridized carbons (Fsp3) is 0.368. The van der Waals surface area contributed by atoms with Crippen molar-refractivity contribution in [2.45, 2.75) is 26.2 Å². The van der Waals surface area contributed by atoms with Crippen LogP contribution in [0.1, 0.15) is 31.7 Å². The van der Waals surface area contributed by atoms with Gasteiger partial charge in [-0.3, -0.25) is 4.79 Å². The van der Waals surface area contributed by atoms with Crippen molar-refractivity contribution in [2.24, 2.45) is 11.8 Å². The van der Waals surface area contributed by atoms with Gasteiger partial charge in [-0.05, 0) is 48.6 Å². The topological polar surface area (TPSA) is 43.4 Å². The average molecular weight is 314 g/mol. The molecule has 1 saturated carbocycles. The molecule has 2 atom stereocenters. The van der Waals surface area contributed by atoms with Crippen LogP contribution in [0, 0.1) is 17.7 Å². The van der Waals surface area contributed by atoms with E-state index in [9.17, 15) is 14.0 Å². The maximum Gasteiger partial charge on any atom is 0.334 e. The van der Waals surface area contributed by atoms with Gasteiger partial charge in [-0.2, -0.15) is 0 Å². The van der Waals surface area contributed by atoms with Gasteiger partial charge in [0.05, 0.1) is 7.11 Å². The Bertz CT molecular complexity index is 713. The Morgan fingerprint density at radius 3 is 2.57 bits per heavy atom. The number of ketones is 1. The number of halogens is 1. The van der Waals surface area contributed by atoms with Crippen molar-refractivity contribution in [3.8, 4) is 0 Å². The number of ether oxygens (including phenoxy) is 1. The van der Waals surface area contributed by atoms with Gasteiger partial charge in [0.15, 0.2) is 0 Å². The van der Waals surface area contributed by atoms with Crippen molar-refractivity contribution < 1.29 is 18.7 Å². The summed E-state index contributed by atoms with van der Waals surface area (Å²) < 4.78 is 18.1. The minimum atomic E-state index is -0.387. The summed E-state index contributed by atoms with van der Waals surface area (Å²) in [5, 5.41) is 0. The molecule has 0 unspecified atom stereocenters. The first-order valence-corrected chi connectivity index (χ1v) is 7.79. The number of methoxy groups -OCH3 is 1. The van der Waals surface area contributed by atoms with Crippen molar-refractivity contribution in [3.05, 3.63) is 52.9 Å². The number of hydrogen-bond donors (Lipinski definition) is 0. The van der Waals surface area contributed by atoms with Gasteiger partial charge in [-0.15, -0.1) is 0 Å². The van der Waals surface area contributed by atoms with Crippen molar-refractivity contribution in [1.82, 2.24) is 0 Å². The minimum Gasteiger partial charge on any atom is -0.466 e. The Morgan fingerprint density at radius 2 is 1.91 bits per heavy atom. The van der Waals surface area contributed by atoms with Crippen LogP contribution in [0.5, 0.6) is 0 Å². The van der Waals surface area contributed by atoms with E-state index >= 15 is 0 Å². The highest BCUT2D eigenvalue weighted by Crippen LogP contribution is 2.45. The van der Waals surface area contributed by atoms with Crippen LogP contribution in [-0.2, 0) is 14.3 Å². The second kappa shape index (κ2) is 6.11. The molecule has 0 spiro atoms. The van der Waals surface area contributed by atoms with Crippen molar-refractivity contribution in [1.29, 1.82) is 0 Å². The number of allylic oxidation sites excluding steroid dienone is 3. The van der Waals surface area contributed by atoms with Crippen LogP contribution in [0.2, 0.25) is 0 Å². The first-order chi connectivity index (χ1) is 11.0. The van der Waals surface area contributed by atoms with E-state index in [1.807, 2.05) is 13.0 Å². The van der Waals surface area contributed by atoms with Crippen molar-refractivity contribution in [2.75, 3.05) is 7.11 Å². The largest absolute Gasteiger partial charge is 0.466 e. The molecule has 0 amide bonds. The van der Waals surface area contributed by atoms with E-state index in [-0.39, 0.29) is 29.4 Å². The Labute approximate surface area is 134 Å². The van der Waals surface area contributed by atoms with Crippen molar-refractivity contribution in [3.63, 3.8) is 0 Å². The van der Waals surface area contributed by atoms with Crippen LogP contribution < -0.4 is 0 Å². The number of Topliss-reactive ketones (excluding diaryl/α,β-unsaturated/α-hetero) is 1. The summed E-state index contributed by atoms with van der Waals surface area (Å²) >= 11 is 0. The first-order valence-electron chi connectivity index (χ1n) is 7.79. The van der Waals surface area contributed by atoms with Crippen LogP contribution in [0.4, 0.5) is 4.39 Å². The third-order valence-corrected chi connectivity index (χ3v) is 4.92. The fourth-order valence-electron chi connectivity index (χ4n) is 3.70. The van der Waals surface area contributed by atoms with Crippen LogP contribution in [0.3, 0.4) is 0 Å². The maximum atomic E-state index is 13.2.